The Morgan fingerprint density at radius 3 is 2.41 bits per heavy atom. The van der Waals surface area contributed by atoms with Crippen LogP contribution < -0.4 is 19.9 Å². The number of hydrogen-bond acceptors (Lipinski definition) is 7. The second kappa shape index (κ2) is 8.94. The fourth-order valence-electron chi connectivity index (χ4n) is 2.94. The lowest BCUT2D eigenvalue weighted by Crippen LogP contribution is -2.15. The molecule has 4 rings (SSSR count). The molecule has 0 spiro atoms. The third-order valence-corrected chi connectivity index (χ3v) is 5.81. The summed E-state index contributed by atoms with van der Waals surface area (Å²) in [6, 6.07) is 22.3. The van der Waals surface area contributed by atoms with Crippen LogP contribution >= 0.6 is 0 Å². The number of benzene rings is 3. The summed E-state index contributed by atoms with van der Waals surface area (Å²) in [6.45, 7) is 0. The van der Waals surface area contributed by atoms with Crippen molar-refractivity contribution in [2.24, 2.45) is 0 Å². The number of aromatic nitrogens is 2. The quantitative estimate of drug-likeness (QED) is 0.404. The van der Waals surface area contributed by atoms with E-state index >= 15 is 0 Å². The van der Waals surface area contributed by atoms with Crippen molar-refractivity contribution in [3.05, 3.63) is 85.1 Å². The largest absolute Gasteiger partial charge is 0.497 e. The summed E-state index contributed by atoms with van der Waals surface area (Å²) < 4.78 is 39.2. The smallest absolute Gasteiger partial charge is 0.264 e. The fourth-order valence-corrected chi connectivity index (χ4v) is 3.95. The number of nitrogens with two attached hydrogens (primary N) is 1. The number of nitrogens with one attached hydrogen (secondary N) is 1. The van der Waals surface area contributed by atoms with Crippen LogP contribution in [0.25, 0.3) is 11.1 Å². The van der Waals surface area contributed by atoms with Crippen molar-refractivity contribution >= 4 is 21.7 Å². The molecule has 0 radical (unpaired) electrons. The van der Waals surface area contributed by atoms with Crippen LogP contribution in [0, 0.1) is 0 Å². The molecule has 9 heteroatoms. The Labute approximate surface area is 185 Å². The molecule has 162 valence electrons. The number of nitrogen functional groups attached to an aromatic ring is 1. The maximum absolute atomic E-state index is 12.8. The van der Waals surface area contributed by atoms with Gasteiger partial charge in [-0.2, -0.15) is 4.98 Å². The molecule has 0 aliphatic heterocycles. The number of para-hydroxylation sites is 1. The second-order valence-corrected chi connectivity index (χ2v) is 8.42. The first kappa shape index (κ1) is 21.1. The molecule has 0 saturated heterocycles. The lowest BCUT2D eigenvalue weighted by molar-refractivity contribution is 0.415. The van der Waals surface area contributed by atoms with Crippen molar-refractivity contribution in [2.45, 2.75) is 4.90 Å². The molecule has 1 aromatic heterocycles. The van der Waals surface area contributed by atoms with Gasteiger partial charge in [-0.1, -0.05) is 36.4 Å². The minimum absolute atomic E-state index is 0.00324. The Kier molecular flexibility index (Phi) is 5.91. The van der Waals surface area contributed by atoms with Crippen LogP contribution in [0.5, 0.6) is 17.4 Å². The van der Waals surface area contributed by atoms with Gasteiger partial charge in [0.2, 0.25) is 11.8 Å². The Morgan fingerprint density at radius 2 is 1.66 bits per heavy atom. The maximum Gasteiger partial charge on any atom is 0.264 e. The molecule has 0 fully saturated rings. The molecule has 3 aromatic carbocycles. The van der Waals surface area contributed by atoms with E-state index in [1.807, 2.05) is 42.5 Å². The van der Waals surface area contributed by atoms with Gasteiger partial charge in [-0.25, -0.2) is 18.1 Å². The van der Waals surface area contributed by atoms with Gasteiger partial charge in [0.15, 0.2) is 0 Å². The van der Waals surface area contributed by atoms with Crippen molar-refractivity contribution in [3.63, 3.8) is 0 Å². The second-order valence-electron chi connectivity index (χ2n) is 6.74. The van der Waals surface area contributed by atoms with E-state index in [1.54, 1.807) is 31.4 Å². The summed E-state index contributed by atoms with van der Waals surface area (Å²) in [5.41, 5.74) is 7.36. The highest BCUT2D eigenvalue weighted by atomic mass is 32.2. The summed E-state index contributed by atoms with van der Waals surface area (Å²) in [5.74, 6) is 1.24. The van der Waals surface area contributed by atoms with Gasteiger partial charge in [0.05, 0.1) is 17.6 Å². The molecule has 0 atom stereocenters. The van der Waals surface area contributed by atoms with Gasteiger partial charge in [0, 0.05) is 11.9 Å². The summed E-state index contributed by atoms with van der Waals surface area (Å²) >= 11 is 0. The Hall–Kier alpha value is -4.11. The zero-order valence-electron chi connectivity index (χ0n) is 17.1. The zero-order valence-corrected chi connectivity index (χ0v) is 17.9. The van der Waals surface area contributed by atoms with Gasteiger partial charge < -0.3 is 15.2 Å². The first-order valence-corrected chi connectivity index (χ1v) is 11.1. The van der Waals surface area contributed by atoms with Crippen molar-refractivity contribution < 1.29 is 17.9 Å². The molecule has 0 unspecified atom stereocenters. The highest BCUT2D eigenvalue weighted by Gasteiger charge is 2.19. The molecule has 0 aliphatic carbocycles. The van der Waals surface area contributed by atoms with Crippen molar-refractivity contribution in [3.8, 4) is 28.5 Å². The highest BCUT2D eigenvalue weighted by molar-refractivity contribution is 7.92. The molecule has 0 saturated carbocycles. The predicted molar refractivity (Wildman–Crippen MR) is 122 cm³/mol. The van der Waals surface area contributed by atoms with E-state index in [2.05, 4.69) is 14.7 Å². The molecular formula is C23H20N4O4S. The van der Waals surface area contributed by atoms with Crippen LogP contribution in [0.2, 0.25) is 0 Å². The zero-order chi connectivity index (χ0) is 22.6. The number of sulfonamides is 1. The minimum Gasteiger partial charge on any atom is -0.497 e. The average Bonchev–Trinajstić information content (AvgIpc) is 2.80. The van der Waals surface area contributed by atoms with Crippen molar-refractivity contribution in [1.29, 1.82) is 0 Å². The molecule has 8 nitrogen and oxygen atoms in total. The summed E-state index contributed by atoms with van der Waals surface area (Å²) in [6.07, 6.45) is 1.50. The molecule has 1 heterocycles. The molecular weight excluding hydrogens is 428 g/mol. The molecule has 4 aromatic rings. The number of anilines is 2. The van der Waals surface area contributed by atoms with Crippen LogP contribution in [0.1, 0.15) is 0 Å². The first-order chi connectivity index (χ1) is 15.4. The van der Waals surface area contributed by atoms with E-state index < -0.39 is 10.0 Å². The number of rotatable bonds is 7. The van der Waals surface area contributed by atoms with Gasteiger partial charge in [0.1, 0.15) is 11.5 Å². The van der Waals surface area contributed by atoms with E-state index in [0.717, 1.165) is 5.56 Å². The average molecular weight is 449 g/mol. The SMILES string of the molecule is COc1cccc(-c2cnc(NS(=O)(=O)c3cccc(N)c3)nc2Oc2ccccc2)c1. The van der Waals surface area contributed by atoms with E-state index in [1.165, 1.54) is 18.3 Å². The third-order valence-electron chi connectivity index (χ3n) is 4.49. The normalized spacial score (nSPS) is 11.0. The van der Waals surface area contributed by atoms with Gasteiger partial charge in [-0.15, -0.1) is 0 Å². The fraction of sp³-hybridized carbons (Fsp3) is 0.0435. The van der Waals surface area contributed by atoms with E-state index in [4.69, 9.17) is 15.2 Å². The number of methoxy groups -OCH3 is 1. The van der Waals surface area contributed by atoms with Crippen LogP contribution in [-0.2, 0) is 10.0 Å². The topological polar surface area (TPSA) is 116 Å². The van der Waals surface area contributed by atoms with Crippen molar-refractivity contribution in [2.75, 3.05) is 17.6 Å². The van der Waals surface area contributed by atoms with Gasteiger partial charge in [-0.3, -0.25) is 0 Å². The molecule has 0 amide bonds. The number of nitrogens with zero attached hydrogens (tertiary/aromatic N) is 2. The lowest BCUT2D eigenvalue weighted by atomic mass is 10.1. The maximum atomic E-state index is 12.8. The number of ether oxygens (including phenoxy) is 2. The van der Waals surface area contributed by atoms with Gasteiger partial charge in [0.25, 0.3) is 10.0 Å². The van der Waals surface area contributed by atoms with E-state index in [9.17, 15) is 8.42 Å². The minimum atomic E-state index is -3.94. The van der Waals surface area contributed by atoms with Crippen LogP contribution in [0.15, 0.2) is 90.0 Å². The first-order valence-electron chi connectivity index (χ1n) is 9.57. The standard InChI is InChI=1S/C23H20N4O4S/c1-30-19-11-5-7-16(13-19)21-15-25-23(26-22(21)31-18-9-3-2-4-10-18)27-32(28,29)20-12-6-8-17(24)14-20/h2-15H,24H2,1H3,(H,25,26,27). The van der Waals surface area contributed by atoms with Crippen LogP contribution in [0.4, 0.5) is 11.6 Å². The van der Waals surface area contributed by atoms with Gasteiger partial charge >= 0.3 is 0 Å². The third kappa shape index (κ3) is 4.79. The summed E-state index contributed by atoms with van der Waals surface area (Å²) in [7, 11) is -2.37. The summed E-state index contributed by atoms with van der Waals surface area (Å²) in [5, 5.41) is 0. The Balaban J connectivity index is 1.74. The lowest BCUT2D eigenvalue weighted by Gasteiger charge is -2.13. The monoisotopic (exact) mass is 448 g/mol. The van der Waals surface area contributed by atoms with Gasteiger partial charge in [-0.05, 0) is 48.0 Å². The Bertz CT molecular complexity index is 1350. The number of hydrogen-bond donors (Lipinski definition) is 2. The van der Waals surface area contributed by atoms with E-state index in [0.29, 0.717) is 22.7 Å². The van der Waals surface area contributed by atoms with E-state index in [-0.39, 0.29) is 16.7 Å². The molecule has 32 heavy (non-hydrogen) atoms. The Morgan fingerprint density at radius 1 is 0.906 bits per heavy atom. The highest BCUT2D eigenvalue weighted by Crippen LogP contribution is 2.34. The summed E-state index contributed by atoms with van der Waals surface area (Å²) in [4.78, 5) is 8.53. The predicted octanol–water partition coefficient (Wildman–Crippen LogP) is 4.33. The van der Waals surface area contributed by atoms with Crippen molar-refractivity contribution in [1.82, 2.24) is 9.97 Å². The molecule has 3 N–H and O–H groups in total. The van der Waals surface area contributed by atoms with Crippen LogP contribution in [0.3, 0.4) is 0 Å². The van der Waals surface area contributed by atoms with Crippen LogP contribution in [-0.4, -0.2) is 25.5 Å². The molecule has 0 aliphatic rings. The molecule has 0 bridgehead atoms.